The Balaban J connectivity index is 2.37. The van der Waals surface area contributed by atoms with Crippen LogP contribution in [0.15, 0.2) is 0 Å². The van der Waals surface area contributed by atoms with Crippen LogP contribution in [0.3, 0.4) is 0 Å². The zero-order chi connectivity index (χ0) is 11.8. The molecular weight excluding hydrogens is 200 g/mol. The highest BCUT2D eigenvalue weighted by atomic mass is 16.6. The maximum absolute atomic E-state index is 11.3. The highest BCUT2D eigenvalue weighted by Gasteiger charge is 2.47. The molecule has 1 aliphatic heterocycles. The van der Waals surface area contributed by atoms with Crippen molar-refractivity contribution < 1.29 is 19.4 Å². The monoisotopic (exact) mass is 216 g/mol. The highest BCUT2D eigenvalue weighted by molar-refractivity contribution is 5.92. The summed E-state index contributed by atoms with van der Waals surface area (Å²) < 4.78 is 4.88. The van der Waals surface area contributed by atoms with E-state index in [2.05, 4.69) is 0 Å². The molecule has 0 saturated carbocycles. The first-order valence-electron chi connectivity index (χ1n) is 4.73. The quantitative estimate of drug-likeness (QED) is 0.583. The van der Waals surface area contributed by atoms with Gasteiger partial charge in [0.05, 0.1) is 6.04 Å². The van der Waals surface area contributed by atoms with Gasteiger partial charge >= 0.3 is 12.1 Å². The Hall–Kier alpha value is -1.30. The van der Waals surface area contributed by atoms with Crippen LogP contribution in [0.4, 0.5) is 9.59 Å². The average Bonchev–Trinajstić information content (AvgIpc) is 2.54. The van der Waals surface area contributed by atoms with Crippen LogP contribution >= 0.6 is 0 Å². The van der Waals surface area contributed by atoms with Gasteiger partial charge in [0, 0.05) is 0 Å². The molecule has 86 valence electrons. The molecule has 1 rings (SSSR count). The fourth-order valence-electron chi connectivity index (χ4n) is 1.09. The molecule has 0 aromatic carbocycles. The van der Waals surface area contributed by atoms with Crippen molar-refractivity contribution >= 4 is 12.1 Å². The van der Waals surface area contributed by atoms with Crippen molar-refractivity contribution in [2.75, 3.05) is 0 Å². The summed E-state index contributed by atoms with van der Waals surface area (Å²) >= 11 is 0. The van der Waals surface area contributed by atoms with Gasteiger partial charge in [-0.3, -0.25) is 4.90 Å². The number of imide groups is 1. The first-order chi connectivity index (χ1) is 6.72. The Morgan fingerprint density at radius 3 is 2.20 bits per heavy atom. The van der Waals surface area contributed by atoms with E-state index in [1.54, 1.807) is 27.7 Å². The van der Waals surface area contributed by atoms with Gasteiger partial charge in [0.15, 0.2) is 6.23 Å². The van der Waals surface area contributed by atoms with E-state index in [9.17, 15) is 9.59 Å². The molecule has 2 N–H and O–H groups in total. The number of hydrogen-bond acceptors (Lipinski definition) is 4. The number of aliphatic hydroxyl groups excluding tert-OH is 1. The number of carbonyl (C=O) groups excluding carboxylic acids is 2. The Kier molecular flexibility index (Phi) is 2.90. The van der Waals surface area contributed by atoms with Crippen LogP contribution in [0.1, 0.15) is 27.7 Å². The first kappa shape index (κ1) is 11.8. The third kappa shape index (κ3) is 3.09. The van der Waals surface area contributed by atoms with E-state index in [1.165, 1.54) is 0 Å². The van der Waals surface area contributed by atoms with Crippen LogP contribution in [0.25, 0.3) is 0 Å². The van der Waals surface area contributed by atoms with Crippen molar-refractivity contribution in [1.29, 1.82) is 0 Å². The molecule has 0 aliphatic carbocycles. The Labute approximate surface area is 88.2 Å². The zero-order valence-corrected chi connectivity index (χ0v) is 9.27. The zero-order valence-electron chi connectivity index (χ0n) is 9.27. The Bertz CT molecular complexity index is 276. The molecule has 0 aromatic heterocycles. The molecule has 0 bridgehead atoms. The number of nitrogens with one attached hydrogen (secondary N) is 1. The minimum atomic E-state index is -0.807. The van der Waals surface area contributed by atoms with Crippen LogP contribution in [0, 0.1) is 0 Å². The summed E-state index contributed by atoms with van der Waals surface area (Å²) in [4.78, 5) is 23.6. The number of hydrogen-bond donors (Lipinski definition) is 2. The fourth-order valence-corrected chi connectivity index (χ4v) is 1.09. The van der Waals surface area contributed by atoms with E-state index in [0.717, 1.165) is 4.90 Å². The van der Waals surface area contributed by atoms with Gasteiger partial charge in [0.1, 0.15) is 5.60 Å². The van der Waals surface area contributed by atoms with E-state index in [1.807, 2.05) is 5.32 Å². The maximum Gasteiger partial charge on any atom is 0.415 e. The third-order valence-electron chi connectivity index (χ3n) is 1.91. The Morgan fingerprint density at radius 1 is 1.40 bits per heavy atom. The molecule has 1 aliphatic rings. The molecule has 2 atom stereocenters. The Morgan fingerprint density at radius 2 is 1.87 bits per heavy atom. The molecule has 3 amide bonds. The summed E-state index contributed by atoms with van der Waals surface area (Å²) in [6.45, 7) is 6.78. The molecule has 0 spiro atoms. The normalized spacial score (nSPS) is 24.7. The van der Waals surface area contributed by atoms with E-state index in [4.69, 9.17) is 9.84 Å². The van der Waals surface area contributed by atoms with Gasteiger partial charge in [-0.2, -0.15) is 0 Å². The lowest BCUT2D eigenvalue weighted by Crippen LogP contribution is -2.39. The van der Waals surface area contributed by atoms with E-state index in [0.29, 0.717) is 0 Å². The molecule has 0 aromatic rings. The second-order valence-corrected chi connectivity index (χ2v) is 4.49. The highest BCUT2D eigenvalue weighted by Crippen LogP contribution is 2.24. The minimum Gasteiger partial charge on any atom is -0.443 e. The topological polar surface area (TPSA) is 78.6 Å². The van der Waals surface area contributed by atoms with Gasteiger partial charge in [-0.1, -0.05) is 0 Å². The average molecular weight is 216 g/mol. The predicted molar refractivity (Wildman–Crippen MR) is 52.1 cm³/mol. The SMILES string of the molecule is C[C@H]1[C@H](O)N1C(=O)NC(=O)OC(C)(C)C. The molecule has 6 nitrogen and oxygen atoms in total. The van der Waals surface area contributed by atoms with Gasteiger partial charge in [0.25, 0.3) is 0 Å². The third-order valence-corrected chi connectivity index (χ3v) is 1.91. The smallest absolute Gasteiger partial charge is 0.415 e. The predicted octanol–water partition coefficient (Wildman–Crippen LogP) is 0.654. The van der Waals surface area contributed by atoms with Crippen LogP contribution in [0.5, 0.6) is 0 Å². The lowest BCUT2D eigenvalue weighted by Gasteiger charge is -2.19. The van der Waals surface area contributed by atoms with Crippen molar-refractivity contribution in [3.8, 4) is 0 Å². The van der Waals surface area contributed by atoms with Crippen molar-refractivity contribution in [3.05, 3.63) is 0 Å². The number of amides is 3. The molecule has 0 unspecified atom stereocenters. The van der Waals surface area contributed by atoms with Gasteiger partial charge in [-0.15, -0.1) is 0 Å². The number of ether oxygens (including phenoxy) is 1. The number of urea groups is 1. The molecular formula is C9H16N2O4. The lowest BCUT2D eigenvalue weighted by molar-refractivity contribution is 0.0539. The summed E-state index contributed by atoms with van der Waals surface area (Å²) in [7, 11) is 0. The molecule has 1 saturated heterocycles. The largest absolute Gasteiger partial charge is 0.443 e. The summed E-state index contributed by atoms with van der Waals surface area (Å²) in [5.74, 6) is 0. The second kappa shape index (κ2) is 3.69. The summed E-state index contributed by atoms with van der Waals surface area (Å²) in [6, 6.07) is -0.878. The van der Waals surface area contributed by atoms with Crippen LogP contribution < -0.4 is 5.32 Å². The standard InChI is InChI=1S/C9H16N2O4/c1-5-6(12)11(5)7(13)10-8(14)15-9(2,3)4/h5-6,12H,1-4H3,(H,10,13,14)/t5-,6-,11?/m0/s1. The van der Waals surface area contributed by atoms with E-state index in [-0.39, 0.29) is 6.04 Å². The number of aliphatic hydroxyl groups is 1. The van der Waals surface area contributed by atoms with Crippen molar-refractivity contribution in [2.45, 2.75) is 45.6 Å². The van der Waals surface area contributed by atoms with Crippen LogP contribution in [-0.4, -0.2) is 40.0 Å². The summed E-state index contributed by atoms with van der Waals surface area (Å²) in [6.07, 6.45) is -1.61. The second-order valence-electron chi connectivity index (χ2n) is 4.49. The van der Waals surface area contributed by atoms with Gasteiger partial charge < -0.3 is 9.84 Å². The van der Waals surface area contributed by atoms with Crippen molar-refractivity contribution in [1.82, 2.24) is 10.2 Å². The fraction of sp³-hybridized carbons (Fsp3) is 0.778. The molecule has 1 heterocycles. The lowest BCUT2D eigenvalue weighted by atomic mass is 10.2. The van der Waals surface area contributed by atoms with Crippen molar-refractivity contribution in [2.24, 2.45) is 0 Å². The number of nitrogens with zero attached hydrogens (tertiary/aromatic N) is 1. The first-order valence-corrected chi connectivity index (χ1v) is 4.73. The molecule has 15 heavy (non-hydrogen) atoms. The molecule has 0 radical (unpaired) electrons. The van der Waals surface area contributed by atoms with Gasteiger partial charge in [-0.05, 0) is 27.7 Å². The van der Waals surface area contributed by atoms with Gasteiger partial charge in [0.2, 0.25) is 0 Å². The van der Waals surface area contributed by atoms with Crippen LogP contribution in [0.2, 0.25) is 0 Å². The molecule has 1 fully saturated rings. The number of alkyl carbamates (subject to hydrolysis) is 1. The number of carbonyl (C=O) groups is 2. The van der Waals surface area contributed by atoms with E-state index >= 15 is 0 Å². The minimum absolute atomic E-state index is 0.243. The maximum atomic E-state index is 11.3. The van der Waals surface area contributed by atoms with Gasteiger partial charge in [-0.25, -0.2) is 14.9 Å². The number of rotatable bonds is 0. The molecule has 6 heteroatoms. The van der Waals surface area contributed by atoms with Crippen LogP contribution in [-0.2, 0) is 4.74 Å². The van der Waals surface area contributed by atoms with Crippen molar-refractivity contribution in [3.63, 3.8) is 0 Å². The summed E-state index contributed by atoms with van der Waals surface area (Å²) in [5, 5.41) is 11.1. The van der Waals surface area contributed by atoms with E-state index < -0.39 is 24.0 Å². The summed E-state index contributed by atoms with van der Waals surface area (Å²) in [5.41, 5.74) is -0.645.